The summed E-state index contributed by atoms with van der Waals surface area (Å²) in [7, 11) is 0. The van der Waals surface area contributed by atoms with Crippen molar-refractivity contribution in [2.24, 2.45) is 5.92 Å². The van der Waals surface area contributed by atoms with Gasteiger partial charge in [0, 0.05) is 37.4 Å². The standard InChI is InChI=1S/C18H21N3O/c1-2-4-17-16(3-1)5-8-19-18(17)21-9-6-15(7-10-21)13-20-11-12-22-14-20/h1-5,8,11-12,15H,6-7,9-10,13-14H2. The summed E-state index contributed by atoms with van der Waals surface area (Å²) in [6.07, 6.45) is 8.20. The van der Waals surface area contributed by atoms with E-state index < -0.39 is 0 Å². The first-order chi connectivity index (χ1) is 10.9. The van der Waals surface area contributed by atoms with Gasteiger partial charge < -0.3 is 14.5 Å². The second-order valence-corrected chi connectivity index (χ2v) is 6.14. The molecule has 2 aromatic rings. The second-order valence-electron chi connectivity index (χ2n) is 6.14. The Morgan fingerprint density at radius 3 is 2.82 bits per heavy atom. The van der Waals surface area contributed by atoms with Crippen molar-refractivity contribution in [1.82, 2.24) is 9.88 Å². The van der Waals surface area contributed by atoms with Crippen molar-refractivity contribution < 1.29 is 4.74 Å². The van der Waals surface area contributed by atoms with E-state index in [9.17, 15) is 0 Å². The molecule has 0 aliphatic carbocycles. The molecule has 1 saturated heterocycles. The van der Waals surface area contributed by atoms with Gasteiger partial charge in [-0.05, 0) is 30.2 Å². The largest absolute Gasteiger partial charge is 0.479 e. The molecule has 0 radical (unpaired) electrons. The number of piperidine rings is 1. The highest BCUT2D eigenvalue weighted by molar-refractivity contribution is 5.92. The number of rotatable bonds is 3. The number of ether oxygens (including phenoxy) is 1. The number of aromatic nitrogens is 1. The van der Waals surface area contributed by atoms with Gasteiger partial charge in [0.05, 0.1) is 0 Å². The molecule has 114 valence electrons. The van der Waals surface area contributed by atoms with Crippen LogP contribution in [0.2, 0.25) is 0 Å². The Kier molecular flexibility index (Phi) is 3.59. The third-order valence-corrected chi connectivity index (χ3v) is 4.67. The molecule has 1 fully saturated rings. The van der Waals surface area contributed by atoms with Crippen molar-refractivity contribution in [2.45, 2.75) is 12.8 Å². The van der Waals surface area contributed by atoms with E-state index in [4.69, 9.17) is 4.74 Å². The molecule has 1 aromatic heterocycles. The highest BCUT2D eigenvalue weighted by atomic mass is 16.5. The van der Waals surface area contributed by atoms with E-state index in [-0.39, 0.29) is 0 Å². The van der Waals surface area contributed by atoms with Crippen LogP contribution in [0.3, 0.4) is 0 Å². The molecule has 0 unspecified atom stereocenters. The summed E-state index contributed by atoms with van der Waals surface area (Å²) in [5, 5.41) is 2.54. The molecule has 4 heteroatoms. The van der Waals surface area contributed by atoms with Gasteiger partial charge in [-0.15, -0.1) is 0 Å². The van der Waals surface area contributed by atoms with Gasteiger partial charge in [-0.2, -0.15) is 0 Å². The third kappa shape index (κ3) is 2.61. The Hall–Kier alpha value is -2.23. The Bertz CT molecular complexity index is 672. The van der Waals surface area contributed by atoms with Gasteiger partial charge in [0.2, 0.25) is 0 Å². The van der Waals surface area contributed by atoms with Crippen LogP contribution in [0.4, 0.5) is 5.82 Å². The third-order valence-electron chi connectivity index (χ3n) is 4.67. The number of anilines is 1. The lowest BCUT2D eigenvalue weighted by Gasteiger charge is -2.34. The fourth-order valence-electron chi connectivity index (χ4n) is 3.44. The van der Waals surface area contributed by atoms with Gasteiger partial charge in [0.25, 0.3) is 0 Å². The minimum absolute atomic E-state index is 0.713. The minimum atomic E-state index is 0.713. The van der Waals surface area contributed by atoms with Gasteiger partial charge >= 0.3 is 0 Å². The predicted octanol–water partition coefficient (Wildman–Crippen LogP) is 3.21. The summed E-state index contributed by atoms with van der Waals surface area (Å²) in [5.41, 5.74) is 0. The summed E-state index contributed by atoms with van der Waals surface area (Å²) in [5.74, 6) is 1.89. The molecule has 2 aliphatic heterocycles. The highest BCUT2D eigenvalue weighted by Crippen LogP contribution is 2.28. The number of benzene rings is 1. The summed E-state index contributed by atoms with van der Waals surface area (Å²) in [6.45, 7) is 3.99. The number of pyridine rings is 1. The number of hydrogen-bond acceptors (Lipinski definition) is 4. The monoisotopic (exact) mass is 295 g/mol. The number of hydrogen-bond donors (Lipinski definition) is 0. The quantitative estimate of drug-likeness (QED) is 0.869. The van der Waals surface area contributed by atoms with E-state index >= 15 is 0 Å². The first-order valence-corrected chi connectivity index (χ1v) is 8.01. The molecule has 4 rings (SSSR count). The van der Waals surface area contributed by atoms with E-state index in [1.807, 2.05) is 6.20 Å². The van der Waals surface area contributed by atoms with E-state index in [0.29, 0.717) is 6.73 Å². The normalized spacial score (nSPS) is 18.9. The zero-order valence-electron chi connectivity index (χ0n) is 12.7. The lowest BCUT2D eigenvalue weighted by atomic mass is 9.96. The van der Waals surface area contributed by atoms with Gasteiger partial charge in [-0.1, -0.05) is 24.3 Å². The van der Waals surface area contributed by atoms with Crippen LogP contribution in [0, 0.1) is 5.92 Å². The van der Waals surface area contributed by atoms with Crippen molar-refractivity contribution >= 4 is 16.6 Å². The molecular weight excluding hydrogens is 274 g/mol. The Morgan fingerprint density at radius 2 is 2.00 bits per heavy atom. The lowest BCUT2D eigenvalue weighted by Crippen LogP contribution is -2.37. The number of nitrogens with zero attached hydrogens (tertiary/aromatic N) is 3. The lowest BCUT2D eigenvalue weighted by molar-refractivity contribution is 0.150. The summed E-state index contributed by atoms with van der Waals surface area (Å²) < 4.78 is 5.26. The van der Waals surface area contributed by atoms with E-state index in [0.717, 1.165) is 31.4 Å². The smallest absolute Gasteiger partial charge is 0.160 e. The van der Waals surface area contributed by atoms with Crippen molar-refractivity contribution in [3.05, 3.63) is 49.0 Å². The maximum atomic E-state index is 5.26. The van der Waals surface area contributed by atoms with Crippen LogP contribution in [-0.4, -0.2) is 36.2 Å². The average Bonchev–Trinajstić information content (AvgIpc) is 3.08. The van der Waals surface area contributed by atoms with Gasteiger partial charge in [-0.3, -0.25) is 0 Å². The molecule has 0 N–H and O–H groups in total. The summed E-state index contributed by atoms with van der Waals surface area (Å²) in [6, 6.07) is 10.6. The van der Waals surface area contributed by atoms with Crippen molar-refractivity contribution in [3.63, 3.8) is 0 Å². The summed E-state index contributed by atoms with van der Waals surface area (Å²) >= 11 is 0. The van der Waals surface area contributed by atoms with Crippen LogP contribution in [0.5, 0.6) is 0 Å². The van der Waals surface area contributed by atoms with Gasteiger partial charge in [-0.25, -0.2) is 4.98 Å². The Labute approximate surface area is 131 Å². The van der Waals surface area contributed by atoms with Crippen molar-refractivity contribution in [1.29, 1.82) is 0 Å². The second kappa shape index (κ2) is 5.87. The maximum absolute atomic E-state index is 5.26. The van der Waals surface area contributed by atoms with Crippen molar-refractivity contribution in [2.75, 3.05) is 31.3 Å². The molecule has 4 nitrogen and oxygen atoms in total. The zero-order valence-corrected chi connectivity index (χ0v) is 12.7. The number of fused-ring (bicyclic) bond motifs is 1. The van der Waals surface area contributed by atoms with Crippen LogP contribution >= 0.6 is 0 Å². The molecule has 0 amide bonds. The van der Waals surface area contributed by atoms with Gasteiger partial charge in [0.15, 0.2) is 6.73 Å². The molecule has 22 heavy (non-hydrogen) atoms. The fourth-order valence-corrected chi connectivity index (χ4v) is 3.44. The highest BCUT2D eigenvalue weighted by Gasteiger charge is 2.23. The average molecular weight is 295 g/mol. The van der Waals surface area contributed by atoms with Crippen LogP contribution in [0.15, 0.2) is 49.0 Å². The molecule has 2 aliphatic rings. The molecule has 0 atom stereocenters. The Morgan fingerprint density at radius 1 is 1.14 bits per heavy atom. The fraction of sp³-hybridized carbons (Fsp3) is 0.389. The maximum Gasteiger partial charge on any atom is 0.160 e. The van der Waals surface area contributed by atoms with Gasteiger partial charge in [0.1, 0.15) is 12.1 Å². The minimum Gasteiger partial charge on any atom is -0.479 e. The molecule has 0 saturated carbocycles. The first kappa shape index (κ1) is 13.4. The first-order valence-electron chi connectivity index (χ1n) is 8.01. The van der Waals surface area contributed by atoms with E-state index in [2.05, 4.69) is 51.3 Å². The van der Waals surface area contributed by atoms with Crippen LogP contribution in [0.1, 0.15) is 12.8 Å². The Balaban J connectivity index is 1.45. The molecule has 0 spiro atoms. The zero-order chi connectivity index (χ0) is 14.8. The van der Waals surface area contributed by atoms with E-state index in [1.54, 1.807) is 6.26 Å². The molecular formula is C18H21N3O. The molecule has 0 bridgehead atoms. The van der Waals surface area contributed by atoms with Crippen LogP contribution in [0.25, 0.3) is 10.8 Å². The summed E-state index contributed by atoms with van der Waals surface area (Å²) in [4.78, 5) is 9.34. The van der Waals surface area contributed by atoms with Crippen molar-refractivity contribution in [3.8, 4) is 0 Å². The predicted molar refractivity (Wildman–Crippen MR) is 88.5 cm³/mol. The van der Waals surface area contributed by atoms with E-state index in [1.165, 1.54) is 23.6 Å². The molecule has 3 heterocycles. The topological polar surface area (TPSA) is 28.6 Å². The molecule has 1 aromatic carbocycles. The SMILES string of the molecule is C1=CN(CC2CCN(c3nccc4ccccc34)CC2)CO1. The van der Waals surface area contributed by atoms with Crippen LogP contribution < -0.4 is 4.90 Å². The van der Waals surface area contributed by atoms with Crippen LogP contribution in [-0.2, 0) is 4.74 Å².